The van der Waals surface area contributed by atoms with Gasteiger partial charge in [-0.15, -0.1) is 0 Å². The molecule has 1 aromatic rings. The average Bonchev–Trinajstić information content (AvgIpc) is 2.82. The largest absolute Gasteiger partial charge is 0.480 e. The fourth-order valence-electron chi connectivity index (χ4n) is 3.23. The van der Waals surface area contributed by atoms with Gasteiger partial charge in [0.25, 0.3) is 0 Å². The number of aliphatic hydroxyl groups is 1. The Hall–Kier alpha value is -3.71. The summed E-state index contributed by atoms with van der Waals surface area (Å²) in [6.45, 7) is 2.86. The lowest BCUT2D eigenvalue weighted by atomic mass is 10.0. The number of carbonyl (C=O) groups is 4. The Morgan fingerprint density at radius 1 is 0.944 bits per heavy atom. The zero-order chi connectivity index (χ0) is 27.3. The molecule has 3 amide bonds. The molecule has 0 heterocycles. The molecule has 1 rings (SSSR count). The molecule has 4 atom stereocenters. The number of carboxylic acid groups (broad SMARTS) is 1. The number of aliphatic imine (C=N–C) groups is 1. The van der Waals surface area contributed by atoms with Gasteiger partial charge in [0.05, 0.1) is 6.61 Å². The lowest BCUT2D eigenvalue weighted by Crippen LogP contribution is -2.58. The van der Waals surface area contributed by atoms with Crippen LogP contribution in [0.2, 0.25) is 0 Å². The minimum atomic E-state index is -1.25. The molecule has 11 N–H and O–H groups in total. The van der Waals surface area contributed by atoms with Crippen molar-refractivity contribution in [2.45, 2.75) is 57.3 Å². The zero-order valence-corrected chi connectivity index (χ0v) is 20.5. The fourth-order valence-corrected chi connectivity index (χ4v) is 3.23. The molecule has 200 valence electrons. The van der Waals surface area contributed by atoms with Crippen molar-refractivity contribution in [1.29, 1.82) is 0 Å². The number of aliphatic carboxylic acids is 1. The van der Waals surface area contributed by atoms with E-state index in [0.717, 1.165) is 5.56 Å². The second-order valence-corrected chi connectivity index (χ2v) is 8.62. The van der Waals surface area contributed by atoms with E-state index in [1.165, 1.54) is 0 Å². The van der Waals surface area contributed by atoms with Crippen LogP contribution < -0.4 is 33.2 Å². The number of guanidine groups is 1. The normalized spacial score (nSPS) is 14.1. The van der Waals surface area contributed by atoms with Crippen LogP contribution in [0, 0.1) is 5.92 Å². The van der Waals surface area contributed by atoms with E-state index in [0.29, 0.717) is 6.42 Å². The van der Waals surface area contributed by atoms with Crippen molar-refractivity contribution in [2.75, 3.05) is 13.2 Å². The van der Waals surface area contributed by atoms with Gasteiger partial charge in [-0.05, 0) is 24.3 Å². The van der Waals surface area contributed by atoms with E-state index in [9.17, 15) is 24.3 Å². The molecule has 0 aliphatic rings. The Morgan fingerprint density at radius 2 is 1.53 bits per heavy atom. The van der Waals surface area contributed by atoms with Crippen LogP contribution in [0.5, 0.6) is 0 Å². The lowest BCUT2D eigenvalue weighted by molar-refractivity contribution is -0.143. The number of rotatable bonds is 15. The molecule has 13 nitrogen and oxygen atoms in total. The summed E-state index contributed by atoms with van der Waals surface area (Å²) in [6.07, 6.45) is 0.498. The number of nitrogens with zero attached hydrogens (tertiary/aromatic N) is 1. The minimum absolute atomic E-state index is 0.0771. The molecular formula is C23H37N7O6. The van der Waals surface area contributed by atoms with Crippen LogP contribution in [0.3, 0.4) is 0 Å². The topological polar surface area (TPSA) is 235 Å². The van der Waals surface area contributed by atoms with Crippen molar-refractivity contribution in [3.05, 3.63) is 35.9 Å². The van der Waals surface area contributed by atoms with Crippen LogP contribution in [-0.2, 0) is 25.6 Å². The van der Waals surface area contributed by atoms with E-state index in [1.807, 2.05) is 0 Å². The SMILES string of the molecule is CC(C)C(NC(=O)C(Cc1ccccc1)NC(=O)C(CCCN=C(N)N)NC(=O)C(N)CO)C(=O)O. The Bertz CT molecular complexity index is 905. The maximum Gasteiger partial charge on any atom is 0.326 e. The first kappa shape index (κ1) is 30.3. The third-order valence-corrected chi connectivity index (χ3v) is 5.26. The summed E-state index contributed by atoms with van der Waals surface area (Å²) in [7, 11) is 0. The maximum absolute atomic E-state index is 13.2. The fraction of sp³-hybridized carbons (Fsp3) is 0.522. The summed E-state index contributed by atoms with van der Waals surface area (Å²) in [5.41, 5.74) is 16.9. The Labute approximate surface area is 209 Å². The minimum Gasteiger partial charge on any atom is -0.480 e. The molecule has 0 fully saturated rings. The van der Waals surface area contributed by atoms with Gasteiger partial charge in [-0.2, -0.15) is 0 Å². The number of nitrogens with one attached hydrogen (secondary N) is 3. The van der Waals surface area contributed by atoms with E-state index in [2.05, 4.69) is 20.9 Å². The standard InChI is InChI=1S/C23H37N7O6/c1-13(2)18(22(35)36)30-21(34)17(11-14-7-4-3-5-8-14)29-20(33)16(9-6-10-27-23(25)26)28-19(32)15(24)12-31/h3-5,7-8,13,15-18,31H,6,9-12,24H2,1-2H3,(H,28,32)(H,29,33)(H,30,34)(H,35,36)(H4,25,26,27). The smallest absolute Gasteiger partial charge is 0.326 e. The van der Waals surface area contributed by atoms with Crippen LogP contribution >= 0.6 is 0 Å². The van der Waals surface area contributed by atoms with Gasteiger partial charge in [-0.3, -0.25) is 19.4 Å². The summed E-state index contributed by atoms with van der Waals surface area (Å²) in [5, 5.41) is 26.2. The van der Waals surface area contributed by atoms with Gasteiger partial charge in [0.2, 0.25) is 17.7 Å². The number of carboxylic acids is 1. The van der Waals surface area contributed by atoms with Crippen LogP contribution in [0.1, 0.15) is 32.3 Å². The van der Waals surface area contributed by atoms with Gasteiger partial charge in [0.15, 0.2) is 5.96 Å². The molecule has 0 bridgehead atoms. The molecule has 0 radical (unpaired) electrons. The monoisotopic (exact) mass is 507 g/mol. The average molecular weight is 508 g/mol. The number of benzene rings is 1. The number of hydrogen-bond acceptors (Lipinski definition) is 7. The van der Waals surface area contributed by atoms with Crippen molar-refractivity contribution >= 4 is 29.7 Å². The summed E-state index contributed by atoms with van der Waals surface area (Å²) >= 11 is 0. The molecule has 0 aliphatic carbocycles. The molecule has 0 spiro atoms. The second-order valence-electron chi connectivity index (χ2n) is 8.62. The highest BCUT2D eigenvalue weighted by molar-refractivity contribution is 5.94. The second kappa shape index (κ2) is 15.3. The van der Waals surface area contributed by atoms with Crippen LogP contribution in [0.4, 0.5) is 0 Å². The van der Waals surface area contributed by atoms with Crippen molar-refractivity contribution in [1.82, 2.24) is 16.0 Å². The molecule has 1 aromatic carbocycles. The highest BCUT2D eigenvalue weighted by Gasteiger charge is 2.31. The van der Waals surface area contributed by atoms with Crippen molar-refractivity contribution in [3.63, 3.8) is 0 Å². The molecule has 13 heteroatoms. The lowest BCUT2D eigenvalue weighted by Gasteiger charge is -2.26. The van der Waals surface area contributed by atoms with E-state index in [1.54, 1.807) is 44.2 Å². The Balaban J connectivity index is 3.12. The molecule has 0 aliphatic heterocycles. The van der Waals surface area contributed by atoms with Gasteiger partial charge >= 0.3 is 5.97 Å². The first-order valence-electron chi connectivity index (χ1n) is 11.6. The molecule has 36 heavy (non-hydrogen) atoms. The Morgan fingerprint density at radius 3 is 2.06 bits per heavy atom. The number of amides is 3. The third-order valence-electron chi connectivity index (χ3n) is 5.26. The number of aliphatic hydroxyl groups excluding tert-OH is 1. The first-order valence-corrected chi connectivity index (χ1v) is 11.6. The zero-order valence-electron chi connectivity index (χ0n) is 20.5. The molecular weight excluding hydrogens is 470 g/mol. The molecule has 0 aromatic heterocycles. The Kier molecular flexibility index (Phi) is 12.9. The van der Waals surface area contributed by atoms with Crippen LogP contribution in [-0.4, -0.2) is 77.2 Å². The highest BCUT2D eigenvalue weighted by atomic mass is 16.4. The predicted octanol–water partition coefficient (Wildman–Crippen LogP) is -2.20. The predicted molar refractivity (Wildman–Crippen MR) is 133 cm³/mol. The van der Waals surface area contributed by atoms with E-state index in [-0.39, 0.29) is 25.3 Å². The van der Waals surface area contributed by atoms with Crippen LogP contribution in [0.25, 0.3) is 0 Å². The van der Waals surface area contributed by atoms with Gasteiger partial charge in [-0.1, -0.05) is 44.2 Å². The van der Waals surface area contributed by atoms with Crippen LogP contribution in [0.15, 0.2) is 35.3 Å². The molecule has 0 saturated heterocycles. The van der Waals surface area contributed by atoms with Gasteiger partial charge in [0, 0.05) is 13.0 Å². The van der Waals surface area contributed by atoms with Crippen molar-refractivity contribution in [2.24, 2.45) is 28.1 Å². The van der Waals surface area contributed by atoms with E-state index >= 15 is 0 Å². The number of carbonyl (C=O) groups excluding carboxylic acids is 3. The summed E-state index contributed by atoms with van der Waals surface area (Å²) in [5.74, 6) is -3.86. The third kappa shape index (κ3) is 10.7. The maximum atomic E-state index is 13.2. The number of nitrogens with two attached hydrogens (primary N) is 3. The highest BCUT2D eigenvalue weighted by Crippen LogP contribution is 2.08. The van der Waals surface area contributed by atoms with Gasteiger partial charge < -0.3 is 43.4 Å². The quantitative estimate of drug-likeness (QED) is 0.0729. The first-order chi connectivity index (χ1) is 17.0. The van der Waals surface area contributed by atoms with Gasteiger partial charge in [-0.25, -0.2) is 4.79 Å². The molecule has 0 saturated carbocycles. The molecule has 4 unspecified atom stereocenters. The van der Waals surface area contributed by atoms with Crippen molar-refractivity contribution in [3.8, 4) is 0 Å². The van der Waals surface area contributed by atoms with E-state index < -0.39 is 60.4 Å². The van der Waals surface area contributed by atoms with Crippen molar-refractivity contribution < 1.29 is 29.4 Å². The summed E-state index contributed by atoms with van der Waals surface area (Å²) < 4.78 is 0. The van der Waals surface area contributed by atoms with Gasteiger partial charge in [0.1, 0.15) is 24.2 Å². The number of hydrogen-bond donors (Lipinski definition) is 8. The summed E-state index contributed by atoms with van der Waals surface area (Å²) in [4.78, 5) is 53.9. The van der Waals surface area contributed by atoms with E-state index in [4.69, 9.17) is 22.3 Å². The summed E-state index contributed by atoms with van der Waals surface area (Å²) in [6, 6.07) is 4.19.